The number of hydrogen-bond donors (Lipinski definition) is 0. The zero-order chi connectivity index (χ0) is 19.6. The number of sulfone groups is 1. The van der Waals surface area contributed by atoms with E-state index in [0.717, 1.165) is 0 Å². The van der Waals surface area contributed by atoms with E-state index in [9.17, 15) is 13.2 Å². The fourth-order valence-corrected chi connectivity index (χ4v) is 5.01. The number of rotatable bonds is 5. The van der Waals surface area contributed by atoms with Crippen LogP contribution in [-0.4, -0.2) is 66.5 Å². The molecule has 1 saturated heterocycles. The predicted molar refractivity (Wildman–Crippen MR) is 96.7 cm³/mol. The van der Waals surface area contributed by atoms with Gasteiger partial charge in [0.15, 0.2) is 0 Å². The van der Waals surface area contributed by atoms with Crippen molar-refractivity contribution in [3.05, 3.63) is 30.1 Å². The zero-order valence-electron chi connectivity index (χ0n) is 15.5. The number of ether oxygens (including phenoxy) is 2. The summed E-state index contributed by atoms with van der Waals surface area (Å²) in [5, 5.41) is 6.73. The monoisotopic (exact) mass is 394 g/mol. The summed E-state index contributed by atoms with van der Waals surface area (Å²) in [5.74, 6) is 0.611. The minimum atomic E-state index is -3.59. The van der Waals surface area contributed by atoms with Crippen LogP contribution in [0, 0.1) is 0 Å². The lowest BCUT2D eigenvalue weighted by Crippen LogP contribution is -2.43. The van der Waals surface area contributed by atoms with Gasteiger partial charge < -0.3 is 18.9 Å². The van der Waals surface area contributed by atoms with Crippen molar-refractivity contribution in [3.8, 4) is 11.5 Å². The molecule has 0 bridgehead atoms. The molecule has 1 aliphatic heterocycles. The molecule has 1 fully saturated rings. The molecule has 0 atom stereocenters. The normalized spacial score (nSPS) is 15.6. The van der Waals surface area contributed by atoms with Crippen molar-refractivity contribution in [2.75, 3.05) is 27.3 Å². The zero-order valence-corrected chi connectivity index (χ0v) is 16.3. The number of aryl methyl sites for hydroxylation is 1. The summed E-state index contributed by atoms with van der Waals surface area (Å²) >= 11 is 0. The van der Waals surface area contributed by atoms with Gasteiger partial charge in [-0.05, 0) is 25.0 Å². The Morgan fingerprint density at radius 2 is 1.74 bits per heavy atom. The maximum absolute atomic E-state index is 13.0. The Morgan fingerprint density at radius 1 is 1.15 bits per heavy atom. The van der Waals surface area contributed by atoms with Gasteiger partial charge in [0.2, 0.25) is 15.0 Å². The first-order valence-corrected chi connectivity index (χ1v) is 10.0. The van der Waals surface area contributed by atoms with Gasteiger partial charge in [-0.15, -0.1) is 10.2 Å². The van der Waals surface area contributed by atoms with Crippen molar-refractivity contribution in [3.63, 3.8) is 0 Å². The van der Waals surface area contributed by atoms with Crippen LogP contribution in [0.25, 0.3) is 0 Å². The largest absolute Gasteiger partial charge is 0.496 e. The Balaban J connectivity index is 1.77. The Bertz CT molecular complexity index is 910. The highest BCUT2D eigenvalue weighted by Crippen LogP contribution is 2.31. The first-order valence-electron chi connectivity index (χ1n) is 8.48. The van der Waals surface area contributed by atoms with Gasteiger partial charge in [0, 0.05) is 20.1 Å². The molecule has 0 aliphatic carbocycles. The molecule has 1 amide bonds. The Hall–Kier alpha value is -2.62. The third-order valence-corrected chi connectivity index (χ3v) is 6.96. The van der Waals surface area contributed by atoms with E-state index in [0.29, 0.717) is 43.0 Å². The predicted octanol–water partition coefficient (Wildman–Crippen LogP) is 0.911. The molecule has 1 aromatic carbocycles. The molecular formula is C17H22N4O5S. The molecule has 146 valence electrons. The molecule has 9 nitrogen and oxygen atoms in total. The molecule has 2 heterocycles. The summed E-state index contributed by atoms with van der Waals surface area (Å²) in [5.41, 5.74) is 0.345. The maximum atomic E-state index is 13.0. The number of amides is 1. The van der Waals surface area contributed by atoms with Crippen molar-refractivity contribution >= 4 is 15.7 Å². The number of carbonyl (C=O) groups excluding carboxylic acids is 1. The van der Waals surface area contributed by atoms with E-state index in [1.807, 2.05) is 0 Å². The molecule has 1 aromatic heterocycles. The number of benzene rings is 1. The van der Waals surface area contributed by atoms with Crippen LogP contribution < -0.4 is 9.47 Å². The van der Waals surface area contributed by atoms with Gasteiger partial charge in [-0.25, -0.2) is 8.42 Å². The Labute approximate surface area is 157 Å². The summed E-state index contributed by atoms with van der Waals surface area (Å²) in [7, 11) is 0.993. The molecule has 0 N–H and O–H groups in total. The van der Waals surface area contributed by atoms with Crippen LogP contribution in [0.3, 0.4) is 0 Å². The van der Waals surface area contributed by atoms with E-state index >= 15 is 0 Å². The van der Waals surface area contributed by atoms with E-state index in [2.05, 4.69) is 10.2 Å². The van der Waals surface area contributed by atoms with Crippen LogP contribution in [0.4, 0.5) is 0 Å². The Kier molecular flexibility index (Phi) is 5.36. The lowest BCUT2D eigenvalue weighted by molar-refractivity contribution is 0.0718. The second-order valence-corrected chi connectivity index (χ2v) is 8.42. The van der Waals surface area contributed by atoms with Crippen LogP contribution in [0.1, 0.15) is 23.2 Å². The molecular weight excluding hydrogens is 372 g/mol. The number of hydrogen-bond acceptors (Lipinski definition) is 7. The molecule has 0 spiro atoms. The summed E-state index contributed by atoms with van der Waals surface area (Å²) in [6.07, 6.45) is 2.02. The number of methoxy groups -OCH3 is 2. The van der Waals surface area contributed by atoms with E-state index in [4.69, 9.17) is 9.47 Å². The number of likely N-dealkylation sites (tertiary alicyclic amines) is 1. The molecule has 10 heteroatoms. The third-order valence-electron chi connectivity index (χ3n) is 4.73. The van der Waals surface area contributed by atoms with Crippen molar-refractivity contribution in [1.29, 1.82) is 0 Å². The number of piperidine rings is 1. The first kappa shape index (κ1) is 19.2. The molecule has 1 aliphatic rings. The van der Waals surface area contributed by atoms with Gasteiger partial charge in [-0.2, -0.15) is 0 Å². The minimum absolute atomic E-state index is 0.0429. The van der Waals surface area contributed by atoms with E-state index in [-0.39, 0.29) is 11.1 Å². The van der Waals surface area contributed by atoms with Crippen molar-refractivity contribution in [1.82, 2.24) is 19.7 Å². The lowest BCUT2D eigenvalue weighted by Gasteiger charge is -2.32. The highest BCUT2D eigenvalue weighted by Gasteiger charge is 2.36. The number of carbonyl (C=O) groups is 1. The molecule has 0 unspecified atom stereocenters. The minimum Gasteiger partial charge on any atom is -0.496 e. The van der Waals surface area contributed by atoms with Gasteiger partial charge in [-0.3, -0.25) is 4.79 Å². The van der Waals surface area contributed by atoms with Gasteiger partial charge in [0.05, 0.1) is 19.5 Å². The summed E-state index contributed by atoms with van der Waals surface area (Å²) < 4.78 is 37.5. The van der Waals surface area contributed by atoms with Crippen LogP contribution in [0.15, 0.2) is 29.7 Å². The molecule has 0 radical (unpaired) electrons. The smallest absolute Gasteiger partial charge is 0.261 e. The average Bonchev–Trinajstić information content (AvgIpc) is 3.13. The maximum Gasteiger partial charge on any atom is 0.261 e. The third kappa shape index (κ3) is 3.48. The summed E-state index contributed by atoms with van der Waals surface area (Å²) in [4.78, 5) is 14.6. The van der Waals surface area contributed by atoms with Crippen LogP contribution >= 0.6 is 0 Å². The van der Waals surface area contributed by atoms with E-state index in [1.54, 1.807) is 30.1 Å². The van der Waals surface area contributed by atoms with E-state index < -0.39 is 15.1 Å². The highest BCUT2D eigenvalue weighted by molar-refractivity contribution is 7.91. The van der Waals surface area contributed by atoms with Crippen LogP contribution in [0.2, 0.25) is 0 Å². The quantitative estimate of drug-likeness (QED) is 0.742. The fraction of sp³-hybridized carbons (Fsp3) is 0.471. The van der Waals surface area contributed by atoms with Crippen molar-refractivity contribution < 1.29 is 22.7 Å². The number of aromatic nitrogens is 3. The highest BCUT2D eigenvalue weighted by atomic mass is 32.2. The van der Waals surface area contributed by atoms with Crippen molar-refractivity contribution in [2.24, 2.45) is 7.05 Å². The summed E-state index contributed by atoms with van der Waals surface area (Å²) in [6, 6.07) is 5.14. The van der Waals surface area contributed by atoms with E-state index in [1.165, 1.54) is 25.1 Å². The Morgan fingerprint density at radius 3 is 2.22 bits per heavy atom. The molecule has 3 rings (SSSR count). The summed E-state index contributed by atoms with van der Waals surface area (Å²) in [6.45, 7) is 0.642. The van der Waals surface area contributed by atoms with Crippen LogP contribution in [-0.2, 0) is 16.9 Å². The van der Waals surface area contributed by atoms with Gasteiger partial charge in [-0.1, -0.05) is 6.07 Å². The average molecular weight is 394 g/mol. The standard InChI is InChI=1S/C17H22N4O5S/c1-20-11-18-19-17(20)27(23,24)12-7-9-21(10-8-12)16(22)15-13(25-2)5-4-6-14(15)26-3/h4-6,11-12H,7-10H2,1-3H3. The first-order chi connectivity index (χ1) is 12.9. The van der Waals surface area contributed by atoms with Crippen LogP contribution in [0.5, 0.6) is 11.5 Å². The second kappa shape index (κ2) is 7.55. The second-order valence-electron chi connectivity index (χ2n) is 6.30. The van der Waals surface area contributed by atoms with Crippen molar-refractivity contribution in [2.45, 2.75) is 23.2 Å². The SMILES string of the molecule is COc1cccc(OC)c1C(=O)N1CCC(S(=O)(=O)c2nncn2C)CC1. The van der Waals surface area contributed by atoms with Gasteiger partial charge in [0.1, 0.15) is 23.4 Å². The molecule has 0 saturated carbocycles. The molecule has 2 aromatic rings. The fourth-order valence-electron chi connectivity index (χ4n) is 3.27. The lowest BCUT2D eigenvalue weighted by atomic mass is 10.1. The van der Waals surface area contributed by atoms with Gasteiger partial charge in [0.25, 0.3) is 5.91 Å². The topological polar surface area (TPSA) is 104 Å². The molecule has 27 heavy (non-hydrogen) atoms. The van der Waals surface area contributed by atoms with Gasteiger partial charge >= 0.3 is 0 Å². The number of nitrogens with zero attached hydrogens (tertiary/aromatic N) is 4.